The average molecular weight is 319 g/mol. The Morgan fingerprint density at radius 1 is 1.12 bits per heavy atom. The number of pyridine rings is 1. The van der Waals surface area contributed by atoms with E-state index in [9.17, 15) is 9.90 Å². The van der Waals surface area contributed by atoms with Gasteiger partial charge in [0.15, 0.2) is 0 Å². The quantitative estimate of drug-likeness (QED) is 0.858. The van der Waals surface area contributed by atoms with Crippen molar-refractivity contribution in [3.8, 4) is 11.8 Å². The van der Waals surface area contributed by atoms with Crippen molar-refractivity contribution < 1.29 is 9.90 Å². The van der Waals surface area contributed by atoms with Gasteiger partial charge in [0, 0.05) is 11.8 Å². The molecule has 3 rings (SSSR count). The van der Waals surface area contributed by atoms with E-state index in [1.54, 1.807) is 6.20 Å². The van der Waals surface area contributed by atoms with Gasteiger partial charge in [0.05, 0.1) is 5.92 Å². The number of nitrogens with zero attached hydrogens (tertiary/aromatic N) is 1. The van der Waals surface area contributed by atoms with E-state index in [-0.39, 0.29) is 0 Å². The van der Waals surface area contributed by atoms with Crippen molar-refractivity contribution in [2.45, 2.75) is 38.0 Å². The number of rotatable bonds is 4. The minimum atomic E-state index is -0.728. The van der Waals surface area contributed by atoms with Crippen LogP contribution in [-0.2, 0) is 4.79 Å². The van der Waals surface area contributed by atoms with Crippen molar-refractivity contribution in [1.29, 1.82) is 0 Å². The molecule has 2 aromatic rings. The van der Waals surface area contributed by atoms with Crippen molar-refractivity contribution in [3.63, 3.8) is 0 Å². The molecule has 0 radical (unpaired) electrons. The molecule has 1 fully saturated rings. The van der Waals surface area contributed by atoms with Gasteiger partial charge in [-0.25, -0.2) is 4.98 Å². The molecule has 1 aromatic heterocycles. The van der Waals surface area contributed by atoms with Gasteiger partial charge in [-0.3, -0.25) is 4.79 Å². The van der Waals surface area contributed by atoms with Crippen LogP contribution in [0, 0.1) is 17.8 Å². The number of aromatic nitrogens is 1. The highest BCUT2D eigenvalue weighted by Gasteiger charge is 2.26. The summed E-state index contributed by atoms with van der Waals surface area (Å²) < 4.78 is 0. The first kappa shape index (κ1) is 16.3. The van der Waals surface area contributed by atoms with Gasteiger partial charge in [-0.1, -0.05) is 49.8 Å². The van der Waals surface area contributed by atoms with Crippen LogP contribution in [0.4, 0.5) is 0 Å². The molecule has 1 unspecified atom stereocenters. The van der Waals surface area contributed by atoms with Crippen molar-refractivity contribution in [2.24, 2.45) is 5.92 Å². The summed E-state index contributed by atoms with van der Waals surface area (Å²) in [6.45, 7) is 0. The second kappa shape index (κ2) is 7.79. The Balaban J connectivity index is 1.72. The van der Waals surface area contributed by atoms with Crippen LogP contribution in [0.3, 0.4) is 0 Å². The van der Waals surface area contributed by atoms with Gasteiger partial charge in [-0.05, 0) is 48.1 Å². The van der Waals surface area contributed by atoms with Crippen LogP contribution >= 0.6 is 0 Å². The maximum Gasteiger partial charge on any atom is 0.310 e. The second-order valence-corrected chi connectivity index (χ2v) is 6.36. The molecule has 1 atom stereocenters. The monoisotopic (exact) mass is 319 g/mol. The molecule has 0 saturated heterocycles. The van der Waals surface area contributed by atoms with E-state index < -0.39 is 11.9 Å². The molecule has 1 saturated carbocycles. The Morgan fingerprint density at radius 2 is 1.88 bits per heavy atom. The van der Waals surface area contributed by atoms with Crippen LogP contribution in [-0.4, -0.2) is 16.1 Å². The van der Waals surface area contributed by atoms with Gasteiger partial charge in [0.2, 0.25) is 0 Å². The smallest absolute Gasteiger partial charge is 0.310 e. The summed E-state index contributed by atoms with van der Waals surface area (Å²) in [7, 11) is 0. The molecule has 0 amide bonds. The summed E-state index contributed by atoms with van der Waals surface area (Å²) in [5, 5.41) is 9.57. The third-order valence-electron chi connectivity index (χ3n) is 4.65. The first-order chi connectivity index (χ1) is 11.7. The van der Waals surface area contributed by atoms with E-state index in [0.717, 1.165) is 36.1 Å². The highest BCUT2D eigenvalue weighted by molar-refractivity contribution is 5.76. The first-order valence-corrected chi connectivity index (χ1v) is 8.48. The van der Waals surface area contributed by atoms with E-state index in [0.29, 0.717) is 5.92 Å². The molecule has 1 N–H and O–H groups in total. The lowest BCUT2D eigenvalue weighted by Gasteiger charge is -2.17. The number of aliphatic carboxylic acids is 1. The zero-order chi connectivity index (χ0) is 16.8. The zero-order valence-electron chi connectivity index (χ0n) is 13.6. The van der Waals surface area contributed by atoms with E-state index in [1.165, 1.54) is 12.8 Å². The zero-order valence-corrected chi connectivity index (χ0v) is 13.6. The Bertz CT molecular complexity index is 735. The highest BCUT2D eigenvalue weighted by Crippen LogP contribution is 2.34. The number of hydrogen-bond acceptors (Lipinski definition) is 2. The summed E-state index contributed by atoms with van der Waals surface area (Å²) >= 11 is 0. The summed E-state index contributed by atoms with van der Waals surface area (Å²) in [5.74, 6) is 5.50. The standard InChI is InChI=1S/C21H21NO2/c23-21(24)20(15-17-5-1-2-6-17)18-11-8-16(9-12-18)10-13-19-7-3-4-14-22-19/h3-4,7-9,11-12,14,17,20H,1-2,5-6,15H2,(H,23,24). The summed E-state index contributed by atoms with van der Waals surface area (Å²) in [6.07, 6.45) is 7.26. The third-order valence-corrected chi connectivity index (χ3v) is 4.65. The summed E-state index contributed by atoms with van der Waals surface area (Å²) in [6, 6.07) is 13.2. The fourth-order valence-corrected chi connectivity index (χ4v) is 3.33. The Hall–Kier alpha value is -2.60. The van der Waals surface area contributed by atoms with Crippen molar-refractivity contribution >= 4 is 5.97 Å². The number of carbonyl (C=O) groups is 1. The second-order valence-electron chi connectivity index (χ2n) is 6.36. The molecule has 122 valence electrons. The van der Waals surface area contributed by atoms with Crippen molar-refractivity contribution in [1.82, 2.24) is 4.98 Å². The summed E-state index contributed by atoms with van der Waals surface area (Å²) in [4.78, 5) is 15.8. The minimum Gasteiger partial charge on any atom is -0.481 e. The van der Waals surface area contributed by atoms with Crippen LogP contribution in [0.15, 0.2) is 48.7 Å². The molecule has 3 nitrogen and oxygen atoms in total. The first-order valence-electron chi connectivity index (χ1n) is 8.48. The predicted octanol–water partition coefficient (Wildman–Crippen LogP) is 4.23. The maximum atomic E-state index is 11.6. The van der Waals surface area contributed by atoms with Crippen LogP contribution in [0.25, 0.3) is 0 Å². The topological polar surface area (TPSA) is 50.2 Å². The molecule has 1 heterocycles. The largest absolute Gasteiger partial charge is 0.481 e. The molecule has 3 heteroatoms. The minimum absolute atomic E-state index is 0.411. The molecular weight excluding hydrogens is 298 g/mol. The van der Waals surface area contributed by atoms with E-state index in [1.807, 2.05) is 42.5 Å². The average Bonchev–Trinajstić information content (AvgIpc) is 3.12. The molecule has 1 aliphatic rings. The van der Waals surface area contributed by atoms with Crippen LogP contribution < -0.4 is 0 Å². The van der Waals surface area contributed by atoms with Gasteiger partial charge in [0.25, 0.3) is 0 Å². The van der Waals surface area contributed by atoms with Gasteiger partial charge in [-0.2, -0.15) is 0 Å². The van der Waals surface area contributed by atoms with Crippen LogP contribution in [0.5, 0.6) is 0 Å². The molecule has 1 aliphatic carbocycles. The van der Waals surface area contributed by atoms with Crippen LogP contribution in [0.2, 0.25) is 0 Å². The molecular formula is C21H21NO2. The SMILES string of the molecule is O=C(O)C(CC1CCCC1)c1ccc(C#Cc2ccccn2)cc1. The molecule has 24 heavy (non-hydrogen) atoms. The number of hydrogen-bond donors (Lipinski definition) is 1. The lowest BCUT2D eigenvalue weighted by molar-refractivity contribution is -0.139. The maximum absolute atomic E-state index is 11.6. The molecule has 0 aliphatic heterocycles. The van der Waals surface area contributed by atoms with Crippen LogP contribution in [0.1, 0.15) is 54.8 Å². The molecule has 0 bridgehead atoms. The van der Waals surface area contributed by atoms with Gasteiger partial charge in [0.1, 0.15) is 5.69 Å². The Labute approximate surface area is 142 Å². The van der Waals surface area contributed by atoms with E-state index >= 15 is 0 Å². The fraction of sp³-hybridized carbons (Fsp3) is 0.333. The number of benzene rings is 1. The van der Waals surface area contributed by atoms with Crippen molar-refractivity contribution in [3.05, 3.63) is 65.5 Å². The number of carboxylic acids is 1. The lowest BCUT2D eigenvalue weighted by atomic mass is 9.87. The van der Waals surface area contributed by atoms with E-state index in [4.69, 9.17) is 0 Å². The van der Waals surface area contributed by atoms with Crippen molar-refractivity contribution in [2.75, 3.05) is 0 Å². The fourth-order valence-electron chi connectivity index (χ4n) is 3.33. The predicted molar refractivity (Wildman–Crippen MR) is 93.6 cm³/mol. The Kier molecular flexibility index (Phi) is 5.28. The number of carboxylic acid groups (broad SMARTS) is 1. The third kappa shape index (κ3) is 4.23. The summed E-state index contributed by atoms with van der Waals surface area (Å²) in [5.41, 5.74) is 2.47. The normalized spacial score (nSPS) is 15.5. The van der Waals surface area contributed by atoms with Gasteiger partial charge >= 0.3 is 5.97 Å². The van der Waals surface area contributed by atoms with Gasteiger partial charge < -0.3 is 5.11 Å². The van der Waals surface area contributed by atoms with Gasteiger partial charge in [-0.15, -0.1) is 0 Å². The molecule has 1 aromatic carbocycles. The lowest BCUT2D eigenvalue weighted by Crippen LogP contribution is -2.15. The van der Waals surface area contributed by atoms with E-state index in [2.05, 4.69) is 16.8 Å². The molecule has 0 spiro atoms. The highest BCUT2D eigenvalue weighted by atomic mass is 16.4. The Morgan fingerprint density at radius 3 is 2.50 bits per heavy atom.